The van der Waals surface area contributed by atoms with Crippen molar-refractivity contribution in [2.75, 3.05) is 12.3 Å². The fraction of sp³-hybridized carbons (Fsp3) is 0.500. The molecule has 7 nitrogen and oxygen atoms in total. The molecule has 2 aromatic rings. The molecule has 0 amide bonds. The van der Waals surface area contributed by atoms with Gasteiger partial charge in [-0.25, -0.2) is 4.98 Å². The summed E-state index contributed by atoms with van der Waals surface area (Å²) in [6, 6.07) is 1.82. The molecule has 2 N–H and O–H groups in total. The lowest BCUT2D eigenvalue weighted by atomic mass is 10.1. The molecule has 2 aromatic heterocycles. The summed E-state index contributed by atoms with van der Waals surface area (Å²) < 4.78 is 10.5. The Hall–Kier alpha value is -2.44. The van der Waals surface area contributed by atoms with E-state index in [1.54, 1.807) is 6.20 Å². The first-order valence-corrected chi connectivity index (χ1v) is 7.80. The lowest BCUT2D eigenvalue weighted by Crippen LogP contribution is -2.03. The van der Waals surface area contributed by atoms with Crippen molar-refractivity contribution in [3.63, 3.8) is 0 Å². The number of nitrogens with zero attached hydrogens (tertiary/aromatic N) is 3. The summed E-state index contributed by atoms with van der Waals surface area (Å²) in [5.41, 5.74) is 7.84. The van der Waals surface area contributed by atoms with Crippen LogP contribution in [0.15, 0.2) is 16.7 Å². The van der Waals surface area contributed by atoms with Gasteiger partial charge >= 0.3 is 5.97 Å². The fourth-order valence-corrected chi connectivity index (χ4v) is 2.23. The molecule has 0 saturated carbocycles. The number of hydrogen-bond donors (Lipinski definition) is 1. The summed E-state index contributed by atoms with van der Waals surface area (Å²) in [6.45, 7) is 4.14. The third-order valence-electron chi connectivity index (χ3n) is 3.35. The largest absolute Gasteiger partial charge is 0.466 e. The summed E-state index contributed by atoms with van der Waals surface area (Å²) in [5, 5.41) is 8.07. The van der Waals surface area contributed by atoms with Crippen molar-refractivity contribution in [2.24, 2.45) is 0 Å². The molecule has 0 aliphatic carbocycles. The first-order valence-electron chi connectivity index (χ1n) is 7.80. The van der Waals surface area contributed by atoms with E-state index in [2.05, 4.69) is 15.2 Å². The topological polar surface area (TPSA) is 104 Å². The molecular weight excluding hydrogens is 296 g/mol. The maximum absolute atomic E-state index is 11.2. The van der Waals surface area contributed by atoms with Crippen LogP contribution < -0.4 is 5.73 Å². The van der Waals surface area contributed by atoms with Crippen molar-refractivity contribution in [1.82, 2.24) is 15.2 Å². The zero-order chi connectivity index (χ0) is 16.7. The summed E-state index contributed by atoms with van der Waals surface area (Å²) in [7, 11) is 0. The molecule has 0 saturated heterocycles. The van der Waals surface area contributed by atoms with Gasteiger partial charge in [0.1, 0.15) is 5.69 Å². The minimum atomic E-state index is -0.141. The first kappa shape index (κ1) is 16.9. The second-order valence-electron chi connectivity index (χ2n) is 5.30. The Morgan fingerprint density at radius 3 is 2.87 bits per heavy atom. The van der Waals surface area contributed by atoms with Gasteiger partial charge in [-0.3, -0.25) is 4.79 Å². The van der Waals surface area contributed by atoms with Gasteiger partial charge in [0.05, 0.1) is 18.5 Å². The number of aryl methyl sites for hydroxylation is 2. The minimum Gasteiger partial charge on any atom is -0.466 e. The Morgan fingerprint density at radius 2 is 2.13 bits per heavy atom. The Kier molecular flexibility index (Phi) is 6.08. The van der Waals surface area contributed by atoms with Crippen LogP contribution in [0.25, 0.3) is 11.6 Å². The molecule has 2 rings (SSSR count). The Bertz CT molecular complexity index is 655. The molecule has 124 valence electrons. The molecule has 7 heteroatoms. The third kappa shape index (κ3) is 5.05. The molecule has 0 spiro atoms. The maximum atomic E-state index is 11.2. The van der Waals surface area contributed by atoms with E-state index < -0.39 is 0 Å². The second kappa shape index (κ2) is 8.26. The molecule has 0 unspecified atom stereocenters. The number of hydrogen-bond acceptors (Lipinski definition) is 7. The Balaban J connectivity index is 1.80. The van der Waals surface area contributed by atoms with Crippen LogP contribution >= 0.6 is 0 Å². The van der Waals surface area contributed by atoms with E-state index in [1.807, 2.05) is 19.9 Å². The number of aromatic nitrogens is 3. The number of nitrogen functional groups attached to an aromatic ring is 1. The molecule has 0 aromatic carbocycles. The summed E-state index contributed by atoms with van der Waals surface area (Å²) in [5.74, 6) is 0.843. The van der Waals surface area contributed by atoms with Crippen LogP contribution in [0, 0.1) is 6.92 Å². The number of pyridine rings is 1. The van der Waals surface area contributed by atoms with E-state index in [1.165, 1.54) is 0 Å². The molecular formula is C16H22N4O3. The van der Waals surface area contributed by atoms with E-state index >= 15 is 0 Å². The molecule has 23 heavy (non-hydrogen) atoms. The quantitative estimate of drug-likeness (QED) is 0.589. The molecule has 0 atom stereocenters. The van der Waals surface area contributed by atoms with Gasteiger partial charge in [0.15, 0.2) is 0 Å². The lowest BCUT2D eigenvalue weighted by molar-refractivity contribution is -0.143. The van der Waals surface area contributed by atoms with Crippen LogP contribution in [0.5, 0.6) is 0 Å². The normalized spacial score (nSPS) is 10.7. The number of rotatable bonds is 8. The van der Waals surface area contributed by atoms with Crippen LogP contribution in [0.3, 0.4) is 0 Å². The average Bonchev–Trinajstić information content (AvgIpc) is 2.95. The van der Waals surface area contributed by atoms with Crippen LogP contribution in [-0.2, 0) is 16.0 Å². The number of esters is 1. The Labute approximate surface area is 135 Å². The molecule has 0 fully saturated rings. The predicted octanol–water partition coefficient (Wildman–Crippen LogP) is 2.69. The predicted molar refractivity (Wildman–Crippen MR) is 85.5 cm³/mol. The van der Waals surface area contributed by atoms with Crippen LogP contribution in [0.2, 0.25) is 0 Å². The monoisotopic (exact) mass is 318 g/mol. The van der Waals surface area contributed by atoms with Crippen molar-refractivity contribution >= 4 is 11.7 Å². The van der Waals surface area contributed by atoms with Gasteiger partial charge in [0, 0.05) is 12.8 Å². The van der Waals surface area contributed by atoms with Crippen LogP contribution in [0.1, 0.15) is 44.1 Å². The highest BCUT2D eigenvalue weighted by molar-refractivity contribution is 5.69. The summed E-state index contributed by atoms with van der Waals surface area (Å²) in [6.07, 6.45) is 5.31. The van der Waals surface area contributed by atoms with Gasteiger partial charge in [0.2, 0.25) is 5.89 Å². The zero-order valence-corrected chi connectivity index (χ0v) is 13.5. The summed E-state index contributed by atoms with van der Waals surface area (Å²) >= 11 is 0. The van der Waals surface area contributed by atoms with Gasteiger partial charge in [-0.2, -0.15) is 0 Å². The Morgan fingerprint density at radius 1 is 1.30 bits per heavy atom. The smallest absolute Gasteiger partial charge is 0.305 e. The number of carbonyl (C=O) groups excluding carboxylic acids is 1. The van der Waals surface area contributed by atoms with E-state index in [4.69, 9.17) is 14.9 Å². The van der Waals surface area contributed by atoms with E-state index in [0.717, 1.165) is 24.8 Å². The zero-order valence-electron chi connectivity index (χ0n) is 13.5. The van der Waals surface area contributed by atoms with Gasteiger partial charge in [-0.05, 0) is 38.3 Å². The van der Waals surface area contributed by atoms with E-state index in [-0.39, 0.29) is 5.97 Å². The van der Waals surface area contributed by atoms with Crippen LogP contribution in [0.4, 0.5) is 5.69 Å². The SMILES string of the molecule is CCOC(=O)CCCCCc1nnc(-c2ncc(N)cc2C)o1. The van der Waals surface area contributed by atoms with Crippen molar-refractivity contribution in [2.45, 2.75) is 46.0 Å². The van der Waals surface area contributed by atoms with Gasteiger partial charge in [0.25, 0.3) is 5.89 Å². The molecule has 0 bridgehead atoms. The van der Waals surface area contributed by atoms with Gasteiger partial charge in [-0.1, -0.05) is 6.42 Å². The minimum absolute atomic E-state index is 0.141. The third-order valence-corrected chi connectivity index (χ3v) is 3.35. The number of nitrogens with two attached hydrogens (primary N) is 1. The maximum Gasteiger partial charge on any atom is 0.305 e. The van der Waals surface area contributed by atoms with Crippen molar-refractivity contribution in [3.05, 3.63) is 23.7 Å². The number of ether oxygens (including phenoxy) is 1. The van der Waals surface area contributed by atoms with E-state index in [0.29, 0.717) is 42.6 Å². The average molecular weight is 318 g/mol. The molecule has 2 heterocycles. The first-order chi connectivity index (χ1) is 11.1. The lowest BCUT2D eigenvalue weighted by Gasteiger charge is -2.01. The second-order valence-corrected chi connectivity index (χ2v) is 5.30. The number of anilines is 1. The molecule has 0 aliphatic heterocycles. The number of carbonyl (C=O) groups is 1. The summed E-state index contributed by atoms with van der Waals surface area (Å²) in [4.78, 5) is 15.4. The highest BCUT2D eigenvalue weighted by atomic mass is 16.5. The van der Waals surface area contributed by atoms with Gasteiger partial charge in [-0.15, -0.1) is 10.2 Å². The van der Waals surface area contributed by atoms with Crippen molar-refractivity contribution in [1.29, 1.82) is 0 Å². The van der Waals surface area contributed by atoms with Crippen molar-refractivity contribution in [3.8, 4) is 11.6 Å². The van der Waals surface area contributed by atoms with Gasteiger partial charge < -0.3 is 14.9 Å². The van der Waals surface area contributed by atoms with E-state index in [9.17, 15) is 4.79 Å². The highest BCUT2D eigenvalue weighted by Crippen LogP contribution is 2.21. The standard InChI is InChI=1S/C16H22N4O3/c1-3-22-14(21)8-6-4-5-7-13-19-20-16(23-13)15-11(2)9-12(17)10-18-15/h9-10H,3-8,17H2,1-2H3. The highest BCUT2D eigenvalue weighted by Gasteiger charge is 2.12. The fourth-order valence-electron chi connectivity index (χ4n) is 2.23. The molecule has 0 radical (unpaired) electrons. The van der Waals surface area contributed by atoms with Crippen molar-refractivity contribution < 1.29 is 13.9 Å². The molecule has 0 aliphatic rings. The number of unbranched alkanes of at least 4 members (excludes halogenated alkanes) is 2. The van der Waals surface area contributed by atoms with Crippen LogP contribution in [-0.4, -0.2) is 27.8 Å².